The Hall–Kier alpha value is -7.22. The van der Waals surface area contributed by atoms with E-state index in [1.54, 1.807) is 0 Å². The highest BCUT2D eigenvalue weighted by molar-refractivity contribution is 6.09. The lowest BCUT2D eigenvalue weighted by Gasteiger charge is -2.31. The minimum atomic E-state index is -0.406. The number of benzene rings is 9. The van der Waals surface area contributed by atoms with E-state index < -0.39 is 5.41 Å². The summed E-state index contributed by atoms with van der Waals surface area (Å²) in [5, 5.41) is 2.30. The average Bonchev–Trinajstić information content (AvgIpc) is 3.99. The highest BCUT2D eigenvalue weighted by atomic mass is 16.3. The Morgan fingerprint density at radius 2 is 0.900 bits per heavy atom. The van der Waals surface area contributed by atoms with Crippen molar-refractivity contribution in [2.24, 2.45) is 0 Å². The van der Waals surface area contributed by atoms with Crippen molar-refractivity contribution < 1.29 is 4.42 Å². The number of para-hydroxylation sites is 2. The number of rotatable bonds is 4. The molecule has 1 unspecified atom stereocenters. The second-order valence-electron chi connectivity index (χ2n) is 17.5. The lowest BCUT2D eigenvalue weighted by atomic mass is 9.70. The van der Waals surface area contributed by atoms with Gasteiger partial charge in [0.2, 0.25) is 0 Å². The molecule has 1 spiro atoms. The molecule has 1 heteroatoms. The maximum Gasteiger partial charge on any atom is 0.143 e. The van der Waals surface area contributed by atoms with Gasteiger partial charge in [0.15, 0.2) is 0 Å². The fourth-order valence-electron chi connectivity index (χ4n) is 11.7. The van der Waals surface area contributed by atoms with E-state index in [0.29, 0.717) is 0 Å². The van der Waals surface area contributed by atoms with E-state index in [-0.39, 0.29) is 11.3 Å². The molecule has 0 aliphatic heterocycles. The third kappa shape index (κ3) is 4.31. The first-order chi connectivity index (χ1) is 29.5. The molecule has 0 saturated carbocycles. The van der Waals surface area contributed by atoms with E-state index in [2.05, 4.69) is 208 Å². The first kappa shape index (κ1) is 33.7. The molecular formula is C59H40O. The Kier molecular flexibility index (Phi) is 6.84. The maximum atomic E-state index is 6.52. The van der Waals surface area contributed by atoms with Gasteiger partial charge in [-0.25, -0.2) is 0 Å². The zero-order chi connectivity index (χ0) is 39.7. The van der Waals surface area contributed by atoms with Crippen LogP contribution >= 0.6 is 0 Å². The first-order valence-electron chi connectivity index (χ1n) is 21.2. The van der Waals surface area contributed by atoms with Gasteiger partial charge in [0.1, 0.15) is 11.2 Å². The highest BCUT2D eigenvalue weighted by Gasteiger charge is 2.52. The van der Waals surface area contributed by atoms with Gasteiger partial charge in [-0.15, -0.1) is 0 Å². The Morgan fingerprint density at radius 3 is 1.63 bits per heavy atom. The summed E-state index contributed by atoms with van der Waals surface area (Å²) < 4.78 is 6.52. The molecule has 3 aliphatic rings. The van der Waals surface area contributed by atoms with Crippen LogP contribution in [0.1, 0.15) is 69.8 Å². The van der Waals surface area contributed by atoms with Crippen molar-refractivity contribution in [2.45, 2.75) is 30.6 Å². The zero-order valence-corrected chi connectivity index (χ0v) is 33.5. The minimum absolute atomic E-state index is 0.0316. The van der Waals surface area contributed by atoms with Crippen molar-refractivity contribution in [2.75, 3.05) is 0 Å². The van der Waals surface area contributed by atoms with Crippen LogP contribution in [0.2, 0.25) is 0 Å². The maximum absolute atomic E-state index is 6.52. The smallest absolute Gasteiger partial charge is 0.143 e. The van der Waals surface area contributed by atoms with Gasteiger partial charge in [0, 0.05) is 27.7 Å². The molecule has 0 fully saturated rings. The van der Waals surface area contributed by atoms with E-state index in [1.165, 1.54) is 83.5 Å². The molecular weight excluding hydrogens is 725 g/mol. The summed E-state index contributed by atoms with van der Waals surface area (Å²) in [7, 11) is 0. The summed E-state index contributed by atoms with van der Waals surface area (Å²) in [4.78, 5) is 0. The number of hydrogen-bond acceptors (Lipinski definition) is 1. The predicted molar refractivity (Wildman–Crippen MR) is 247 cm³/mol. The molecule has 0 N–H and O–H groups in total. The first-order valence-corrected chi connectivity index (χ1v) is 21.2. The zero-order valence-electron chi connectivity index (χ0n) is 33.5. The topological polar surface area (TPSA) is 13.1 Å². The van der Waals surface area contributed by atoms with Gasteiger partial charge >= 0.3 is 0 Å². The van der Waals surface area contributed by atoms with Crippen LogP contribution in [-0.4, -0.2) is 0 Å². The number of hydrogen-bond donors (Lipinski definition) is 0. The van der Waals surface area contributed by atoms with Gasteiger partial charge in [-0.1, -0.05) is 208 Å². The fraction of sp³-hybridized carbons (Fsp3) is 0.0847. The number of furan rings is 1. The summed E-state index contributed by atoms with van der Waals surface area (Å²) in [6.07, 6.45) is 0. The summed E-state index contributed by atoms with van der Waals surface area (Å²) in [5.41, 5.74) is 23.8. The van der Waals surface area contributed by atoms with Crippen LogP contribution in [0.25, 0.3) is 66.4 Å². The van der Waals surface area contributed by atoms with Crippen molar-refractivity contribution in [3.05, 3.63) is 250 Å². The highest BCUT2D eigenvalue weighted by Crippen LogP contribution is 2.64. The van der Waals surface area contributed by atoms with Crippen molar-refractivity contribution in [1.29, 1.82) is 0 Å². The van der Waals surface area contributed by atoms with E-state index >= 15 is 0 Å². The molecule has 0 amide bonds. The normalized spacial score (nSPS) is 15.0. The van der Waals surface area contributed by atoms with Crippen LogP contribution in [0, 0.1) is 0 Å². The lowest BCUT2D eigenvalue weighted by Crippen LogP contribution is -2.25. The van der Waals surface area contributed by atoms with Crippen molar-refractivity contribution in [3.63, 3.8) is 0 Å². The second kappa shape index (κ2) is 12.2. The summed E-state index contributed by atoms with van der Waals surface area (Å²) >= 11 is 0. The van der Waals surface area contributed by atoms with E-state index in [4.69, 9.17) is 4.42 Å². The largest absolute Gasteiger partial charge is 0.455 e. The SMILES string of the molecule is CC1(C)c2ccccc2-c2ccc(C(c3ccc(-c4cccc5c4oc4ccccc45)cc3)c3cccc4c3-c3ccccc3C43c4ccccc4-c4ccccc43)cc21. The van der Waals surface area contributed by atoms with Gasteiger partial charge < -0.3 is 4.42 Å². The molecule has 1 aromatic heterocycles. The molecule has 0 radical (unpaired) electrons. The molecule has 0 bridgehead atoms. The molecule has 0 saturated heterocycles. The van der Waals surface area contributed by atoms with Gasteiger partial charge in [-0.3, -0.25) is 0 Å². The Balaban J connectivity index is 1.05. The molecule has 9 aromatic carbocycles. The Morgan fingerprint density at radius 1 is 0.383 bits per heavy atom. The van der Waals surface area contributed by atoms with Crippen LogP contribution in [0.4, 0.5) is 0 Å². The monoisotopic (exact) mass is 764 g/mol. The summed E-state index contributed by atoms with van der Waals surface area (Å²) in [6, 6.07) is 75.0. The molecule has 282 valence electrons. The standard InChI is InChI=1S/C59H40O/c1-58(2)48-23-8-3-15-40(48)43-34-33-38(35-53(43)58)55(37-31-29-36(30-32-37)39-20-13-21-45-44-18-7-12-28-54(44)60-57(39)45)47-22-14-27-52-56(47)46-19-6-11-26-51(46)59(52)49-24-9-4-16-41(49)42-17-5-10-25-50(42)59/h3-35,55H,1-2H3. The molecule has 1 atom stereocenters. The van der Waals surface area contributed by atoms with Crippen molar-refractivity contribution in [1.82, 2.24) is 0 Å². The van der Waals surface area contributed by atoms with Crippen LogP contribution in [0.5, 0.6) is 0 Å². The minimum Gasteiger partial charge on any atom is -0.455 e. The van der Waals surface area contributed by atoms with Gasteiger partial charge in [0.05, 0.1) is 5.41 Å². The molecule has 1 nitrogen and oxygen atoms in total. The summed E-state index contributed by atoms with van der Waals surface area (Å²) in [5.74, 6) is -0.0316. The van der Waals surface area contributed by atoms with Gasteiger partial charge in [0.25, 0.3) is 0 Å². The third-order valence-electron chi connectivity index (χ3n) is 14.3. The average molecular weight is 765 g/mol. The van der Waals surface area contributed by atoms with Gasteiger partial charge in [-0.05, 0) is 95.1 Å². The Labute approximate surface area is 350 Å². The molecule has 10 aromatic rings. The van der Waals surface area contributed by atoms with Gasteiger partial charge in [-0.2, -0.15) is 0 Å². The van der Waals surface area contributed by atoms with E-state index in [0.717, 1.165) is 33.1 Å². The van der Waals surface area contributed by atoms with Crippen LogP contribution in [0.3, 0.4) is 0 Å². The fourth-order valence-corrected chi connectivity index (χ4v) is 11.7. The number of fused-ring (bicyclic) bond motifs is 16. The van der Waals surface area contributed by atoms with Crippen LogP contribution in [-0.2, 0) is 10.8 Å². The van der Waals surface area contributed by atoms with Crippen LogP contribution < -0.4 is 0 Å². The van der Waals surface area contributed by atoms with Crippen molar-refractivity contribution in [3.8, 4) is 44.5 Å². The third-order valence-corrected chi connectivity index (χ3v) is 14.3. The Bertz CT molecular complexity index is 3370. The quantitative estimate of drug-likeness (QED) is 0.163. The van der Waals surface area contributed by atoms with Crippen molar-refractivity contribution >= 4 is 21.9 Å². The predicted octanol–water partition coefficient (Wildman–Crippen LogP) is 15.1. The molecule has 13 rings (SSSR count). The molecule has 60 heavy (non-hydrogen) atoms. The summed E-state index contributed by atoms with van der Waals surface area (Å²) in [6.45, 7) is 4.78. The van der Waals surface area contributed by atoms with E-state index in [9.17, 15) is 0 Å². The lowest BCUT2D eigenvalue weighted by molar-refractivity contribution is 0.659. The molecule has 3 aliphatic carbocycles. The second-order valence-corrected chi connectivity index (χ2v) is 17.5. The van der Waals surface area contributed by atoms with Crippen LogP contribution in [0.15, 0.2) is 205 Å². The molecule has 1 heterocycles. The van der Waals surface area contributed by atoms with E-state index in [1.807, 2.05) is 6.07 Å².